The van der Waals surface area contributed by atoms with Crippen molar-refractivity contribution in [3.63, 3.8) is 0 Å². The number of carbonyl (C=O) groups excluding carboxylic acids is 2. The van der Waals surface area contributed by atoms with E-state index in [-0.39, 0.29) is 29.7 Å². The summed E-state index contributed by atoms with van der Waals surface area (Å²) < 4.78 is 77.2. The first kappa shape index (κ1) is 34.7. The molecule has 17 heteroatoms. The number of amides is 2. The summed E-state index contributed by atoms with van der Waals surface area (Å²) in [5, 5.41) is 15.2. The molecule has 5 rings (SSSR count). The fourth-order valence-corrected chi connectivity index (χ4v) is 4.66. The minimum Gasteiger partial charge on any atom is -0.475 e. The van der Waals surface area contributed by atoms with Crippen LogP contribution in [0, 0.1) is 5.82 Å². The number of likely N-dealkylation sites (N-methyl/N-ethyl adjacent to an activating group) is 1. The number of aromatic nitrogens is 1. The Morgan fingerprint density at radius 2 is 1.47 bits per heavy atom. The number of aliphatic carboxylic acids is 2. The standard InChI is InChI=1S/C24H23FN4O2.2C2HF3O2/c1-27-14-22(30)29(19-7-4-6-18(25)13-19)16-24(27)11-12-28(15-24)23(31)21-10-9-17-5-2-3-8-20(17)26-21;2*3-2(4,5)1(6)7/h2-10,13H,11-12,14-16H2,1H3;2*(H,6,7). The second kappa shape index (κ2) is 13.5. The minimum absolute atomic E-state index is 0.0697. The largest absolute Gasteiger partial charge is 0.490 e. The van der Waals surface area contributed by atoms with Gasteiger partial charge in [-0.2, -0.15) is 26.3 Å². The molecule has 1 aromatic heterocycles. The molecule has 0 bridgehead atoms. The van der Waals surface area contributed by atoms with Crippen LogP contribution >= 0.6 is 0 Å². The number of nitrogens with zero attached hydrogens (tertiary/aromatic N) is 4. The van der Waals surface area contributed by atoms with Crippen molar-refractivity contribution in [1.82, 2.24) is 14.8 Å². The molecule has 3 heterocycles. The van der Waals surface area contributed by atoms with Crippen molar-refractivity contribution in [2.75, 3.05) is 38.1 Å². The summed E-state index contributed by atoms with van der Waals surface area (Å²) >= 11 is 0. The molecule has 1 spiro atoms. The van der Waals surface area contributed by atoms with Crippen molar-refractivity contribution in [3.8, 4) is 0 Å². The molecular weight excluding hydrogens is 621 g/mol. The van der Waals surface area contributed by atoms with Crippen LogP contribution in [0.25, 0.3) is 10.9 Å². The Morgan fingerprint density at radius 1 is 0.867 bits per heavy atom. The van der Waals surface area contributed by atoms with Gasteiger partial charge in [0.2, 0.25) is 5.91 Å². The van der Waals surface area contributed by atoms with E-state index in [0.717, 1.165) is 17.3 Å². The third-order valence-electron chi connectivity index (χ3n) is 6.98. The Labute approximate surface area is 250 Å². The van der Waals surface area contributed by atoms with Crippen molar-refractivity contribution >= 4 is 40.3 Å². The number of anilines is 1. The third-order valence-corrected chi connectivity index (χ3v) is 6.98. The lowest BCUT2D eigenvalue weighted by molar-refractivity contribution is -0.193. The van der Waals surface area contributed by atoms with Gasteiger partial charge in [-0.05, 0) is 43.8 Å². The maximum Gasteiger partial charge on any atom is 0.490 e. The molecule has 0 radical (unpaired) electrons. The predicted molar refractivity (Wildman–Crippen MR) is 144 cm³/mol. The summed E-state index contributed by atoms with van der Waals surface area (Å²) in [6, 6.07) is 17.5. The van der Waals surface area contributed by atoms with Crippen molar-refractivity contribution in [2.24, 2.45) is 0 Å². The second-order valence-corrected chi connectivity index (χ2v) is 10.0. The van der Waals surface area contributed by atoms with E-state index in [1.807, 2.05) is 47.2 Å². The van der Waals surface area contributed by atoms with Crippen molar-refractivity contribution in [3.05, 3.63) is 72.2 Å². The highest BCUT2D eigenvalue weighted by molar-refractivity contribution is 5.97. The van der Waals surface area contributed by atoms with Crippen LogP contribution in [0.4, 0.5) is 36.4 Å². The number of fused-ring (bicyclic) bond motifs is 1. The van der Waals surface area contributed by atoms with E-state index >= 15 is 0 Å². The Balaban J connectivity index is 0.000000331. The van der Waals surface area contributed by atoms with Gasteiger partial charge in [0.25, 0.3) is 5.91 Å². The molecule has 10 nitrogen and oxygen atoms in total. The van der Waals surface area contributed by atoms with Crippen LogP contribution in [0.2, 0.25) is 0 Å². The number of benzene rings is 2. The van der Waals surface area contributed by atoms with E-state index < -0.39 is 24.3 Å². The lowest BCUT2D eigenvalue weighted by atomic mass is 9.92. The number of rotatable bonds is 2. The summed E-state index contributed by atoms with van der Waals surface area (Å²) in [5.41, 5.74) is 1.40. The number of carbonyl (C=O) groups is 4. The zero-order valence-corrected chi connectivity index (χ0v) is 23.3. The summed E-state index contributed by atoms with van der Waals surface area (Å²) in [7, 11) is 1.92. The molecule has 0 saturated carbocycles. The van der Waals surface area contributed by atoms with Crippen LogP contribution in [-0.2, 0) is 14.4 Å². The first-order valence-corrected chi connectivity index (χ1v) is 12.9. The normalized spacial score (nSPS) is 18.6. The molecule has 2 amide bonds. The zero-order valence-electron chi connectivity index (χ0n) is 23.3. The number of carboxylic acids is 2. The van der Waals surface area contributed by atoms with Gasteiger partial charge in [0.1, 0.15) is 11.5 Å². The molecule has 3 aromatic rings. The van der Waals surface area contributed by atoms with Gasteiger partial charge in [-0.15, -0.1) is 0 Å². The second-order valence-electron chi connectivity index (χ2n) is 10.0. The van der Waals surface area contributed by atoms with E-state index in [2.05, 4.69) is 4.98 Å². The van der Waals surface area contributed by atoms with Crippen LogP contribution in [0.3, 0.4) is 0 Å². The lowest BCUT2D eigenvalue weighted by Gasteiger charge is -2.46. The van der Waals surface area contributed by atoms with Crippen LogP contribution in [0.1, 0.15) is 16.9 Å². The van der Waals surface area contributed by atoms with Gasteiger partial charge >= 0.3 is 24.3 Å². The Bertz CT molecular complexity index is 1560. The molecule has 2 aliphatic rings. The number of likely N-dealkylation sites (tertiary alicyclic amines) is 1. The average molecular weight is 647 g/mol. The molecule has 2 aromatic carbocycles. The van der Waals surface area contributed by atoms with E-state index in [4.69, 9.17) is 19.8 Å². The summed E-state index contributed by atoms with van der Waals surface area (Å²) in [6.07, 6.45) is -9.43. The topological polar surface area (TPSA) is 131 Å². The molecular formula is C28H25F7N4O6. The number of pyridine rings is 1. The molecule has 45 heavy (non-hydrogen) atoms. The molecule has 2 N–H and O–H groups in total. The Hall–Kier alpha value is -4.80. The van der Waals surface area contributed by atoms with E-state index in [1.165, 1.54) is 12.1 Å². The number of hydrogen-bond acceptors (Lipinski definition) is 6. The fourth-order valence-electron chi connectivity index (χ4n) is 4.66. The van der Waals surface area contributed by atoms with E-state index in [9.17, 15) is 40.3 Å². The predicted octanol–water partition coefficient (Wildman–Crippen LogP) is 4.20. The van der Waals surface area contributed by atoms with Gasteiger partial charge in [0, 0.05) is 30.7 Å². The van der Waals surface area contributed by atoms with Crippen LogP contribution in [-0.4, -0.2) is 99.9 Å². The number of piperazine rings is 1. The monoisotopic (exact) mass is 646 g/mol. The van der Waals surface area contributed by atoms with Gasteiger partial charge in [0.05, 0.1) is 17.6 Å². The van der Waals surface area contributed by atoms with Gasteiger partial charge in [0.15, 0.2) is 0 Å². The maximum atomic E-state index is 13.8. The first-order valence-electron chi connectivity index (χ1n) is 12.9. The summed E-state index contributed by atoms with van der Waals surface area (Å²) in [5.74, 6) is -6.06. The van der Waals surface area contributed by atoms with Gasteiger partial charge < -0.3 is 20.0 Å². The average Bonchev–Trinajstić information content (AvgIpc) is 3.39. The molecule has 242 valence electrons. The smallest absolute Gasteiger partial charge is 0.475 e. The Kier molecular flexibility index (Phi) is 10.4. The fraction of sp³-hybridized carbons (Fsp3) is 0.321. The van der Waals surface area contributed by atoms with Crippen molar-refractivity contribution in [2.45, 2.75) is 24.3 Å². The minimum atomic E-state index is -5.08. The number of hydrogen-bond donors (Lipinski definition) is 2. The van der Waals surface area contributed by atoms with Gasteiger partial charge in [-0.1, -0.05) is 30.3 Å². The van der Waals surface area contributed by atoms with E-state index in [1.54, 1.807) is 23.1 Å². The number of carboxylic acid groups (broad SMARTS) is 2. The maximum absolute atomic E-state index is 13.8. The van der Waals surface area contributed by atoms with Crippen LogP contribution in [0.5, 0.6) is 0 Å². The molecule has 2 saturated heterocycles. The summed E-state index contributed by atoms with van der Waals surface area (Å²) in [4.78, 5) is 53.7. The lowest BCUT2D eigenvalue weighted by Crippen LogP contribution is -2.64. The molecule has 0 aliphatic carbocycles. The molecule has 2 aliphatic heterocycles. The highest BCUT2D eigenvalue weighted by Gasteiger charge is 2.49. The first-order chi connectivity index (χ1) is 20.8. The highest BCUT2D eigenvalue weighted by atomic mass is 19.4. The quantitative estimate of drug-likeness (QED) is 0.397. The van der Waals surface area contributed by atoms with E-state index in [0.29, 0.717) is 31.0 Å². The van der Waals surface area contributed by atoms with Gasteiger partial charge in [-0.3, -0.25) is 14.5 Å². The molecule has 1 atom stereocenters. The number of para-hydroxylation sites is 1. The van der Waals surface area contributed by atoms with Gasteiger partial charge in [-0.25, -0.2) is 19.0 Å². The number of halogens is 7. The summed E-state index contributed by atoms with van der Waals surface area (Å²) in [6.45, 7) is 1.73. The molecule has 1 unspecified atom stereocenters. The van der Waals surface area contributed by atoms with Crippen molar-refractivity contribution in [1.29, 1.82) is 0 Å². The zero-order chi connectivity index (χ0) is 33.7. The Morgan fingerprint density at radius 3 is 2.04 bits per heavy atom. The third kappa shape index (κ3) is 8.65. The van der Waals surface area contributed by atoms with Crippen LogP contribution < -0.4 is 4.90 Å². The molecule has 2 fully saturated rings. The number of alkyl halides is 6. The van der Waals surface area contributed by atoms with Crippen LogP contribution in [0.15, 0.2) is 60.7 Å². The van der Waals surface area contributed by atoms with Crippen molar-refractivity contribution < 1.29 is 60.1 Å². The highest BCUT2D eigenvalue weighted by Crippen LogP contribution is 2.34. The SMILES string of the molecule is CN1CC(=O)N(c2cccc(F)c2)CC12CCN(C(=O)c1ccc3ccccc3n1)C2.O=C(O)C(F)(F)F.O=C(O)C(F)(F)F.